The van der Waals surface area contributed by atoms with E-state index in [0.717, 1.165) is 18.5 Å². The van der Waals surface area contributed by atoms with Crippen LogP contribution in [0.2, 0.25) is 0 Å². The first kappa shape index (κ1) is 14.6. The van der Waals surface area contributed by atoms with E-state index in [4.69, 9.17) is 4.74 Å². The van der Waals surface area contributed by atoms with Crippen LogP contribution in [0.25, 0.3) is 0 Å². The number of ether oxygens (including phenoxy) is 1. The van der Waals surface area contributed by atoms with Crippen molar-refractivity contribution in [1.82, 2.24) is 4.90 Å². The van der Waals surface area contributed by atoms with Crippen LogP contribution in [0.3, 0.4) is 0 Å². The fourth-order valence-corrected chi connectivity index (χ4v) is 4.02. The molecule has 1 aliphatic heterocycles. The van der Waals surface area contributed by atoms with Crippen molar-refractivity contribution < 1.29 is 9.53 Å². The van der Waals surface area contributed by atoms with Gasteiger partial charge in [-0.15, -0.1) is 0 Å². The summed E-state index contributed by atoms with van der Waals surface area (Å²) in [5.41, 5.74) is 1.93. The van der Waals surface area contributed by atoms with E-state index < -0.39 is 0 Å². The lowest BCUT2D eigenvalue weighted by atomic mass is 9.95. The van der Waals surface area contributed by atoms with Crippen LogP contribution in [0.4, 0.5) is 0 Å². The Balaban J connectivity index is 1.63. The normalized spacial score (nSPS) is 23.6. The van der Waals surface area contributed by atoms with Gasteiger partial charge in [-0.25, -0.2) is 4.79 Å². The molecule has 21 heavy (non-hydrogen) atoms. The third-order valence-corrected chi connectivity index (χ3v) is 5.12. The monoisotopic (exact) mass is 287 g/mol. The van der Waals surface area contributed by atoms with Gasteiger partial charge in [0.1, 0.15) is 0 Å². The van der Waals surface area contributed by atoms with Crippen molar-refractivity contribution in [2.45, 2.75) is 51.1 Å². The largest absolute Gasteiger partial charge is 0.465 e. The van der Waals surface area contributed by atoms with E-state index in [9.17, 15) is 4.79 Å². The molecule has 0 N–H and O–H groups in total. The molecule has 0 aromatic heterocycles. The maximum Gasteiger partial charge on any atom is 0.337 e. The van der Waals surface area contributed by atoms with Crippen molar-refractivity contribution in [2.75, 3.05) is 13.7 Å². The number of esters is 1. The van der Waals surface area contributed by atoms with Crippen molar-refractivity contribution in [3.63, 3.8) is 0 Å². The van der Waals surface area contributed by atoms with Crippen molar-refractivity contribution in [1.29, 1.82) is 0 Å². The van der Waals surface area contributed by atoms with E-state index in [1.165, 1.54) is 57.7 Å². The fourth-order valence-electron chi connectivity index (χ4n) is 4.02. The maximum atomic E-state index is 11.5. The van der Waals surface area contributed by atoms with E-state index in [1.54, 1.807) is 0 Å². The van der Waals surface area contributed by atoms with Crippen molar-refractivity contribution in [2.24, 2.45) is 5.92 Å². The number of carbonyl (C=O) groups excluding carboxylic acids is 1. The fraction of sp³-hybridized carbons (Fsp3) is 0.611. The van der Waals surface area contributed by atoms with Crippen molar-refractivity contribution >= 4 is 5.97 Å². The summed E-state index contributed by atoms with van der Waals surface area (Å²) in [7, 11) is 1.42. The first-order chi connectivity index (χ1) is 10.3. The quantitative estimate of drug-likeness (QED) is 0.792. The van der Waals surface area contributed by atoms with Crippen LogP contribution in [0.1, 0.15) is 54.4 Å². The maximum absolute atomic E-state index is 11.5. The van der Waals surface area contributed by atoms with Gasteiger partial charge in [-0.2, -0.15) is 0 Å². The third kappa shape index (κ3) is 3.29. The molecule has 3 nitrogen and oxygen atoms in total. The minimum atomic E-state index is -0.258. The Morgan fingerprint density at radius 1 is 1.14 bits per heavy atom. The number of carbonyl (C=O) groups is 1. The molecule has 0 spiro atoms. The molecule has 1 unspecified atom stereocenters. The predicted octanol–water partition coefficient (Wildman–Crippen LogP) is 3.63. The molecule has 2 aliphatic rings. The highest BCUT2D eigenvalue weighted by Gasteiger charge is 2.32. The lowest BCUT2D eigenvalue weighted by molar-refractivity contribution is 0.0600. The zero-order chi connectivity index (χ0) is 14.7. The van der Waals surface area contributed by atoms with Gasteiger partial charge in [-0.3, -0.25) is 4.90 Å². The van der Waals surface area contributed by atoms with Gasteiger partial charge in [0.2, 0.25) is 0 Å². The highest BCUT2D eigenvalue weighted by molar-refractivity contribution is 5.89. The number of likely N-dealkylation sites (tertiary alicyclic amines) is 1. The second-order valence-electron chi connectivity index (χ2n) is 6.41. The molecule has 1 atom stereocenters. The molecular weight excluding hydrogens is 262 g/mol. The first-order valence-corrected chi connectivity index (χ1v) is 8.19. The van der Waals surface area contributed by atoms with E-state index in [0.29, 0.717) is 5.56 Å². The molecule has 114 valence electrons. The summed E-state index contributed by atoms with van der Waals surface area (Å²) in [5.74, 6) is 0.661. The summed E-state index contributed by atoms with van der Waals surface area (Å²) in [6, 6.07) is 8.67. The van der Waals surface area contributed by atoms with E-state index >= 15 is 0 Å². The standard InChI is InChI=1S/C18H25NO2/c1-21-18(20)16-10-8-14(9-11-16)13-19-12-4-7-17(19)15-5-2-3-6-15/h8-11,15,17H,2-7,12-13H2,1H3. The Morgan fingerprint density at radius 3 is 2.52 bits per heavy atom. The van der Waals surface area contributed by atoms with Crippen molar-refractivity contribution in [3.8, 4) is 0 Å². The van der Waals surface area contributed by atoms with Crippen LogP contribution < -0.4 is 0 Å². The summed E-state index contributed by atoms with van der Waals surface area (Å²) in [5, 5.41) is 0. The lowest BCUT2D eigenvalue weighted by Crippen LogP contribution is -2.34. The van der Waals surface area contributed by atoms with Gasteiger partial charge in [0.15, 0.2) is 0 Å². The van der Waals surface area contributed by atoms with Crippen LogP contribution in [-0.4, -0.2) is 30.6 Å². The number of hydrogen-bond donors (Lipinski definition) is 0. The molecular formula is C18H25NO2. The molecule has 3 heteroatoms. The molecule has 0 bridgehead atoms. The number of nitrogens with zero attached hydrogens (tertiary/aromatic N) is 1. The number of hydrogen-bond acceptors (Lipinski definition) is 3. The van der Waals surface area contributed by atoms with Gasteiger partial charge in [0.25, 0.3) is 0 Å². The topological polar surface area (TPSA) is 29.5 Å². The lowest BCUT2D eigenvalue weighted by Gasteiger charge is -2.29. The van der Waals surface area contributed by atoms with Crippen molar-refractivity contribution in [3.05, 3.63) is 35.4 Å². The number of benzene rings is 1. The third-order valence-electron chi connectivity index (χ3n) is 5.12. The van der Waals surface area contributed by atoms with Gasteiger partial charge < -0.3 is 4.74 Å². The Labute approximate surface area is 127 Å². The van der Waals surface area contributed by atoms with Gasteiger partial charge in [-0.1, -0.05) is 25.0 Å². The zero-order valence-corrected chi connectivity index (χ0v) is 12.9. The van der Waals surface area contributed by atoms with Gasteiger partial charge in [0, 0.05) is 12.6 Å². The molecule has 1 aromatic carbocycles. The SMILES string of the molecule is COC(=O)c1ccc(CN2CCCC2C2CCCC2)cc1. The van der Waals surface area contributed by atoms with E-state index in [-0.39, 0.29) is 5.97 Å². The van der Waals surface area contributed by atoms with Crippen LogP contribution in [0, 0.1) is 5.92 Å². The van der Waals surface area contributed by atoms with Gasteiger partial charge in [-0.05, 0) is 55.8 Å². The average Bonchev–Trinajstić information content (AvgIpc) is 3.18. The summed E-state index contributed by atoms with van der Waals surface area (Å²) in [4.78, 5) is 14.1. The second-order valence-corrected chi connectivity index (χ2v) is 6.41. The Hall–Kier alpha value is -1.35. The van der Waals surface area contributed by atoms with E-state index in [2.05, 4.69) is 17.0 Å². The average molecular weight is 287 g/mol. The Morgan fingerprint density at radius 2 is 1.86 bits per heavy atom. The van der Waals surface area contributed by atoms with Crippen LogP contribution in [0.5, 0.6) is 0 Å². The highest BCUT2D eigenvalue weighted by atomic mass is 16.5. The number of methoxy groups -OCH3 is 1. The molecule has 1 saturated heterocycles. The summed E-state index contributed by atoms with van der Waals surface area (Å²) >= 11 is 0. The highest BCUT2D eigenvalue weighted by Crippen LogP contribution is 2.36. The molecule has 3 rings (SSSR count). The van der Waals surface area contributed by atoms with Gasteiger partial charge >= 0.3 is 5.97 Å². The second kappa shape index (κ2) is 6.61. The summed E-state index contributed by atoms with van der Waals surface area (Å²) < 4.78 is 4.74. The van der Waals surface area contributed by atoms with Gasteiger partial charge in [0.05, 0.1) is 12.7 Å². The predicted molar refractivity (Wildman–Crippen MR) is 83.2 cm³/mol. The first-order valence-electron chi connectivity index (χ1n) is 8.19. The minimum absolute atomic E-state index is 0.258. The number of rotatable bonds is 4. The zero-order valence-electron chi connectivity index (χ0n) is 12.9. The van der Waals surface area contributed by atoms with Crippen LogP contribution in [-0.2, 0) is 11.3 Å². The van der Waals surface area contributed by atoms with Crippen LogP contribution in [0.15, 0.2) is 24.3 Å². The summed E-state index contributed by atoms with van der Waals surface area (Å²) in [6.07, 6.45) is 8.38. The van der Waals surface area contributed by atoms with Crippen LogP contribution >= 0.6 is 0 Å². The summed E-state index contributed by atoms with van der Waals surface area (Å²) in [6.45, 7) is 2.24. The minimum Gasteiger partial charge on any atom is -0.465 e. The molecule has 0 amide bonds. The molecule has 1 aromatic rings. The Kier molecular flexibility index (Phi) is 4.59. The Bertz CT molecular complexity index is 476. The molecule has 0 radical (unpaired) electrons. The van der Waals surface area contributed by atoms with E-state index in [1.807, 2.05) is 12.1 Å². The smallest absolute Gasteiger partial charge is 0.337 e. The molecule has 1 saturated carbocycles. The molecule has 1 heterocycles. The molecule has 2 fully saturated rings. The molecule has 1 aliphatic carbocycles.